The molecule has 2 amide bonds. The van der Waals surface area contributed by atoms with E-state index in [1.165, 1.54) is 52.8 Å². The van der Waals surface area contributed by atoms with Gasteiger partial charge in [-0.2, -0.15) is 4.31 Å². The van der Waals surface area contributed by atoms with Gasteiger partial charge in [0, 0.05) is 65.0 Å². The Labute approximate surface area is 318 Å². The molecule has 0 radical (unpaired) electrons. The predicted octanol–water partition coefficient (Wildman–Crippen LogP) is 7.58. The van der Waals surface area contributed by atoms with Gasteiger partial charge in [-0.3, -0.25) is 4.79 Å². The van der Waals surface area contributed by atoms with Crippen LogP contribution in [0.1, 0.15) is 49.8 Å². The molecule has 13 nitrogen and oxygen atoms in total. The van der Waals surface area contributed by atoms with Crippen LogP contribution in [0.15, 0.2) is 101 Å². The first-order valence-corrected chi connectivity index (χ1v) is 19.0. The number of halogens is 2. The van der Waals surface area contributed by atoms with Crippen LogP contribution >= 0.6 is 11.6 Å². The predicted molar refractivity (Wildman–Crippen MR) is 202 cm³/mol. The van der Waals surface area contributed by atoms with Crippen molar-refractivity contribution in [1.29, 1.82) is 0 Å². The Morgan fingerprint density at radius 2 is 1.74 bits per heavy atom. The molecule has 16 heteroatoms. The van der Waals surface area contributed by atoms with Gasteiger partial charge in [0.05, 0.1) is 12.0 Å². The molecule has 4 aromatic rings. The van der Waals surface area contributed by atoms with E-state index in [0.29, 0.717) is 22.0 Å². The SMILES string of the molecule is COc1ccc([C@H](c2ccc(Cl)cc2)[C@H](N=[N+]=[N-])C(=O)Nc2cccc(F)c2CCC2CN(C(=O)OC(C)(C)C)CCN2S(=O)(=O)c2ccccc2)cn1. The number of ether oxygens (including phenoxy) is 2. The van der Waals surface area contributed by atoms with E-state index in [4.69, 9.17) is 21.1 Å². The quantitative estimate of drug-likeness (QED) is 0.0879. The van der Waals surface area contributed by atoms with E-state index in [1.807, 2.05) is 0 Å². The van der Waals surface area contributed by atoms with Crippen LogP contribution in [0.5, 0.6) is 5.88 Å². The molecular weight excluding hydrogens is 737 g/mol. The van der Waals surface area contributed by atoms with E-state index in [0.717, 1.165) is 0 Å². The van der Waals surface area contributed by atoms with Crippen molar-refractivity contribution in [3.05, 3.63) is 129 Å². The van der Waals surface area contributed by atoms with E-state index < -0.39 is 51.4 Å². The van der Waals surface area contributed by atoms with Gasteiger partial charge >= 0.3 is 6.09 Å². The summed E-state index contributed by atoms with van der Waals surface area (Å²) >= 11 is 6.16. The summed E-state index contributed by atoms with van der Waals surface area (Å²) in [5.74, 6) is -1.85. The summed E-state index contributed by atoms with van der Waals surface area (Å²) in [4.78, 5) is 36.0. The zero-order valence-corrected chi connectivity index (χ0v) is 31.8. The molecule has 0 saturated carbocycles. The maximum atomic E-state index is 15.7. The molecule has 0 bridgehead atoms. The topological polar surface area (TPSA) is 167 Å². The summed E-state index contributed by atoms with van der Waals surface area (Å²) in [7, 11) is -2.53. The second kappa shape index (κ2) is 17.3. The molecule has 0 spiro atoms. The summed E-state index contributed by atoms with van der Waals surface area (Å²) in [5.41, 5.74) is 10.2. The summed E-state index contributed by atoms with van der Waals surface area (Å²) in [6.45, 7) is 5.30. The van der Waals surface area contributed by atoms with Gasteiger partial charge in [0.2, 0.25) is 21.8 Å². The van der Waals surface area contributed by atoms with Crippen LogP contribution in [-0.2, 0) is 26.0 Å². The minimum atomic E-state index is -4.00. The fraction of sp³-hybridized carbons (Fsp3) is 0.342. The number of aromatic nitrogens is 1. The molecule has 3 aromatic carbocycles. The first kappa shape index (κ1) is 40.0. The van der Waals surface area contributed by atoms with Crippen molar-refractivity contribution in [2.45, 2.75) is 62.1 Å². The molecule has 1 fully saturated rings. The first-order chi connectivity index (χ1) is 25.7. The second-order valence-corrected chi connectivity index (χ2v) is 15.9. The van der Waals surface area contributed by atoms with Crippen molar-refractivity contribution < 1.29 is 31.9 Å². The number of amides is 2. The molecule has 2 heterocycles. The number of nitrogens with one attached hydrogen (secondary N) is 1. The monoisotopic (exact) mass is 777 g/mol. The van der Waals surface area contributed by atoms with Gasteiger partial charge in [-0.25, -0.2) is 22.6 Å². The number of methoxy groups -OCH3 is 1. The lowest BCUT2D eigenvalue weighted by Gasteiger charge is -2.41. The summed E-state index contributed by atoms with van der Waals surface area (Å²) in [5, 5.41) is 7.11. The lowest BCUT2D eigenvalue weighted by Crippen LogP contribution is -2.57. The molecule has 1 N–H and O–H groups in total. The molecule has 1 saturated heterocycles. The molecule has 284 valence electrons. The van der Waals surface area contributed by atoms with E-state index in [9.17, 15) is 23.5 Å². The molecule has 5 rings (SSSR count). The number of hydrogen-bond donors (Lipinski definition) is 1. The second-order valence-electron chi connectivity index (χ2n) is 13.6. The van der Waals surface area contributed by atoms with Gasteiger partial charge in [0.25, 0.3) is 0 Å². The molecule has 54 heavy (non-hydrogen) atoms. The van der Waals surface area contributed by atoms with Crippen molar-refractivity contribution in [2.24, 2.45) is 5.11 Å². The third kappa shape index (κ3) is 9.66. The Morgan fingerprint density at radius 1 is 1.04 bits per heavy atom. The van der Waals surface area contributed by atoms with Crippen LogP contribution in [-0.4, -0.2) is 79.0 Å². The van der Waals surface area contributed by atoms with Crippen molar-refractivity contribution in [3.63, 3.8) is 0 Å². The highest BCUT2D eigenvalue weighted by Gasteiger charge is 2.39. The fourth-order valence-electron chi connectivity index (χ4n) is 6.31. The van der Waals surface area contributed by atoms with Crippen LogP contribution < -0.4 is 10.1 Å². The Hall–Kier alpha value is -5.21. The van der Waals surface area contributed by atoms with E-state index >= 15 is 4.39 Å². The number of hydrogen-bond acceptors (Lipinski definition) is 8. The fourth-order valence-corrected chi connectivity index (χ4v) is 8.09. The molecule has 1 aromatic heterocycles. The largest absolute Gasteiger partial charge is 0.481 e. The minimum absolute atomic E-state index is 0.00521. The highest BCUT2D eigenvalue weighted by molar-refractivity contribution is 7.89. The zero-order valence-electron chi connectivity index (χ0n) is 30.2. The average Bonchev–Trinajstić information content (AvgIpc) is 3.15. The van der Waals surface area contributed by atoms with E-state index in [1.54, 1.807) is 75.4 Å². The van der Waals surface area contributed by atoms with Crippen molar-refractivity contribution in [3.8, 4) is 5.88 Å². The van der Waals surface area contributed by atoms with Gasteiger partial charge in [-0.05, 0) is 86.7 Å². The molecule has 3 atom stereocenters. The third-order valence-electron chi connectivity index (χ3n) is 8.85. The lowest BCUT2D eigenvalue weighted by molar-refractivity contribution is -0.117. The Kier molecular flexibility index (Phi) is 12.8. The van der Waals surface area contributed by atoms with Crippen LogP contribution in [0, 0.1) is 5.82 Å². The number of piperazine rings is 1. The Morgan fingerprint density at radius 3 is 2.37 bits per heavy atom. The summed E-state index contributed by atoms with van der Waals surface area (Å²) < 4.78 is 55.6. The standard InChI is InChI=1S/C38H41ClFN7O6S/c1-38(2,3)53-37(49)46-21-22-47(54(50,51)29-9-6-5-7-10-29)28(24-46)18-19-30-31(40)11-8-12-32(30)43-36(48)35(44-45-41)34(25-13-16-27(39)17-14-25)26-15-20-33(52-4)42-23-26/h5-17,20,23,28,34-35H,18-19,21-22,24H2,1-4H3,(H,43,48)/t28?,34-,35-/m0/s1. The number of sulfonamides is 1. The third-order valence-corrected chi connectivity index (χ3v) is 11.1. The minimum Gasteiger partial charge on any atom is -0.481 e. The number of nitrogens with zero attached hydrogens (tertiary/aromatic N) is 6. The van der Waals surface area contributed by atoms with Crippen molar-refractivity contribution >= 4 is 39.3 Å². The smallest absolute Gasteiger partial charge is 0.410 e. The van der Waals surface area contributed by atoms with Crippen molar-refractivity contribution in [2.75, 3.05) is 32.1 Å². The number of rotatable bonds is 12. The van der Waals surface area contributed by atoms with Gasteiger partial charge in [0.15, 0.2) is 0 Å². The number of benzene rings is 3. The van der Waals surface area contributed by atoms with Crippen LogP contribution in [0.25, 0.3) is 10.4 Å². The van der Waals surface area contributed by atoms with Crippen LogP contribution in [0.3, 0.4) is 0 Å². The van der Waals surface area contributed by atoms with E-state index in [2.05, 4.69) is 20.3 Å². The normalized spacial score (nSPS) is 16.1. The van der Waals surface area contributed by atoms with Gasteiger partial charge in [-0.15, -0.1) is 0 Å². The molecule has 1 aliphatic heterocycles. The summed E-state index contributed by atoms with van der Waals surface area (Å²) in [6.07, 6.45) is 0.985. The van der Waals surface area contributed by atoms with Crippen molar-refractivity contribution in [1.82, 2.24) is 14.2 Å². The van der Waals surface area contributed by atoms with E-state index in [-0.39, 0.29) is 48.6 Å². The van der Waals surface area contributed by atoms with Gasteiger partial charge in [-0.1, -0.05) is 59.2 Å². The molecule has 1 unspecified atom stereocenters. The van der Waals surface area contributed by atoms with Gasteiger partial charge < -0.3 is 19.7 Å². The Bertz CT molecular complexity index is 2100. The number of pyridine rings is 1. The Balaban J connectivity index is 1.45. The summed E-state index contributed by atoms with van der Waals surface area (Å²) in [6, 6.07) is 20.0. The molecular formula is C38H41ClFN7O6S. The van der Waals surface area contributed by atoms with Gasteiger partial charge in [0.1, 0.15) is 17.5 Å². The number of carbonyl (C=O) groups excluding carboxylic acids is 2. The van der Waals surface area contributed by atoms with Crippen LogP contribution in [0.2, 0.25) is 5.02 Å². The van der Waals surface area contributed by atoms with Crippen LogP contribution in [0.4, 0.5) is 14.9 Å². The highest BCUT2D eigenvalue weighted by atomic mass is 35.5. The first-order valence-electron chi connectivity index (χ1n) is 17.1. The molecule has 0 aliphatic carbocycles. The highest BCUT2D eigenvalue weighted by Crippen LogP contribution is 2.34. The molecule has 1 aliphatic rings. The number of azide groups is 1. The zero-order chi connectivity index (χ0) is 39.0. The number of anilines is 1. The maximum absolute atomic E-state index is 15.7. The number of carbonyl (C=O) groups is 2. The maximum Gasteiger partial charge on any atom is 0.410 e. The average molecular weight is 778 g/mol. The lowest BCUT2D eigenvalue weighted by atomic mass is 9.85.